The molecule has 34 heavy (non-hydrogen) atoms. The zero-order valence-corrected chi connectivity index (χ0v) is 19.2. The summed E-state index contributed by atoms with van der Waals surface area (Å²) in [6.07, 6.45) is -9.96. The third-order valence-electron chi connectivity index (χ3n) is 6.04. The molecule has 3 fully saturated rings. The van der Waals surface area contributed by atoms with Gasteiger partial charge in [-0.1, -0.05) is 0 Å². The van der Waals surface area contributed by atoms with E-state index in [9.17, 15) is 39.9 Å². The SMILES string of the molecule is COCCCN1C(=O)N(C2C(O)N(C)C(=O)N2N2C(=O)N(CCCOC)C(O)C2O)C(O)C1O. The smallest absolute Gasteiger partial charge is 0.343 e. The van der Waals surface area contributed by atoms with E-state index in [0.717, 1.165) is 14.7 Å². The maximum absolute atomic E-state index is 13.1. The molecule has 0 aliphatic carbocycles. The van der Waals surface area contributed by atoms with Gasteiger partial charge in [-0.25, -0.2) is 19.4 Å². The van der Waals surface area contributed by atoms with Crippen molar-refractivity contribution >= 4 is 18.1 Å². The molecular weight excluding hydrogens is 460 g/mol. The highest BCUT2D eigenvalue weighted by Gasteiger charge is 2.61. The van der Waals surface area contributed by atoms with Crippen LogP contribution in [0.25, 0.3) is 0 Å². The number of hydrogen-bond acceptors (Lipinski definition) is 10. The highest BCUT2D eigenvalue weighted by molar-refractivity contribution is 5.85. The molecule has 6 atom stereocenters. The first-order valence-electron chi connectivity index (χ1n) is 10.7. The molecule has 3 heterocycles. The van der Waals surface area contributed by atoms with Gasteiger partial charge in [0.1, 0.15) is 0 Å². The minimum Gasteiger partial charge on any atom is -0.385 e. The number of carbonyl (C=O) groups is 3. The topological polar surface area (TPSA) is 190 Å². The largest absolute Gasteiger partial charge is 0.385 e. The van der Waals surface area contributed by atoms with Gasteiger partial charge in [0.15, 0.2) is 37.3 Å². The van der Waals surface area contributed by atoms with E-state index < -0.39 is 55.4 Å². The van der Waals surface area contributed by atoms with Crippen LogP contribution in [0.3, 0.4) is 0 Å². The van der Waals surface area contributed by atoms with Crippen molar-refractivity contribution in [3.63, 3.8) is 0 Å². The summed E-state index contributed by atoms with van der Waals surface area (Å²) in [5.74, 6) is 0. The van der Waals surface area contributed by atoms with Crippen molar-refractivity contribution in [1.29, 1.82) is 0 Å². The van der Waals surface area contributed by atoms with Gasteiger partial charge in [0.05, 0.1) is 0 Å². The number of nitrogens with zero attached hydrogens (tertiary/aromatic N) is 6. The summed E-state index contributed by atoms with van der Waals surface area (Å²) in [4.78, 5) is 42.4. The number of rotatable bonds is 10. The van der Waals surface area contributed by atoms with Crippen molar-refractivity contribution in [1.82, 2.24) is 29.6 Å². The molecule has 5 N–H and O–H groups in total. The molecule has 0 bridgehead atoms. The molecule has 6 unspecified atom stereocenters. The van der Waals surface area contributed by atoms with E-state index in [1.54, 1.807) is 0 Å². The molecule has 3 saturated heterocycles. The van der Waals surface area contributed by atoms with Crippen LogP contribution in [0.2, 0.25) is 0 Å². The molecule has 3 aliphatic rings. The van der Waals surface area contributed by atoms with Gasteiger partial charge in [-0.05, 0) is 12.8 Å². The summed E-state index contributed by atoms with van der Waals surface area (Å²) in [7, 11) is 4.11. The number of ether oxygens (including phenoxy) is 2. The summed E-state index contributed by atoms with van der Waals surface area (Å²) < 4.78 is 9.86. The van der Waals surface area contributed by atoms with Gasteiger partial charge in [-0.2, -0.15) is 5.01 Å². The van der Waals surface area contributed by atoms with E-state index in [1.807, 2.05) is 0 Å². The Morgan fingerprint density at radius 2 is 1.18 bits per heavy atom. The molecule has 0 spiro atoms. The van der Waals surface area contributed by atoms with Crippen LogP contribution in [0, 0.1) is 0 Å². The number of hydrazine groups is 1. The Balaban J connectivity index is 1.90. The summed E-state index contributed by atoms with van der Waals surface area (Å²) in [6, 6.07) is -2.86. The van der Waals surface area contributed by atoms with Crippen molar-refractivity contribution in [2.24, 2.45) is 0 Å². The van der Waals surface area contributed by atoms with Crippen LogP contribution in [0.1, 0.15) is 12.8 Å². The zero-order valence-electron chi connectivity index (χ0n) is 19.2. The summed E-state index contributed by atoms with van der Waals surface area (Å²) in [5.41, 5.74) is 0. The van der Waals surface area contributed by atoms with E-state index in [1.165, 1.54) is 21.3 Å². The Kier molecular flexibility index (Phi) is 8.02. The molecule has 0 saturated carbocycles. The second kappa shape index (κ2) is 10.4. The highest BCUT2D eigenvalue weighted by atomic mass is 16.5. The highest BCUT2D eigenvalue weighted by Crippen LogP contribution is 2.35. The van der Waals surface area contributed by atoms with Crippen molar-refractivity contribution in [3.8, 4) is 0 Å². The van der Waals surface area contributed by atoms with Crippen LogP contribution in [0.4, 0.5) is 14.4 Å². The third-order valence-corrected chi connectivity index (χ3v) is 6.04. The maximum atomic E-state index is 13.1. The zero-order chi connectivity index (χ0) is 25.3. The predicted octanol–water partition coefficient (Wildman–Crippen LogP) is -3.26. The Morgan fingerprint density at radius 1 is 0.676 bits per heavy atom. The lowest BCUT2D eigenvalue weighted by Crippen LogP contribution is -2.62. The van der Waals surface area contributed by atoms with Gasteiger partial charge in [0, 0.05) is 47.6 Å². The Bertz CT molecular complexity index is 776. The van der Waals surface area contributed by atoms with Crippen molar-refractivity contribution < 1.29 is 49.4 Å². The molecular formula is C18H32N6O10. The van der Waals surface area contributed by atoms with Crippen molar-refractivity contribution in [2.45, 2.75) is 50.1 Å². The number of hydrogen-bond donors (Lipinski definition) is 5. The fourth-order valence-electron chi connectivity index (χ4n) is 4.22. The first kappa shape index (κ1) is 26.1. The molecule has 0 radical (unpaired) electrons. The first-order valence-corrected chi connectivity index (χ1v) is 10.7. The van der Waals surface area contributed by atoms with Gasteiger partial charge in [0.25, 0.3) is 0 Å². The van der Waals surface area contributed by atoms with Gasteiger partial charge in [-0.15, -0.1) is 0 Å². The number of amides is 6. The fraction of sp³-hybridized carbons (Fsp3) is 0.833. The average Bonchev–Trinajstić information content (AvgIpc) is 3.24. The second-order valence-electron chi connectivity index (χ2n) is 8.12. The lowest BCUT2D eigenvalue weighted by molar-refractivity contribution is -0.165. The number of carbonyl (C=O) groups excluding carboxylic acids is 3. The van der Waals surface area contributed by atoms with E-state index in [-0.39, 0.29) is 26.3 Å². The lowest BCUT2D eigenvalue weighted by Gasteiger charge is -2.38. The number of methoxy groups -OCH3 is 2. The minimum absolute atomic E-state index is 0.00522. The Morgan fingerprint density at radius 3 is 1.71 bits per heavy atom. The summed E-state index contributed by atoms with van der Waals surface area (Å²) in [5, 5.41) is 53.9. The Hall–Kier alpha value is -2.47. The standard InChI is InChI=1S/C18H32N6O10/c1-19-11(25)10(22-14(28)12(26)20(17(22)31)6-4-8-33-2)23(16(19)30)24-15(29)13(27)21(18(24)32)7-5-9-34-3/h10-15,25-29H,4-9H2,1-3H3. The molecule has 3 rings (SSSR count). The normalized spacial score (nSPS) is 32.3. The number of aliphatic hydroxyl groups excluding tert-OH is 5. The van der Waals surface area contributed by atoms with Crippen LogP contribution in [0.5, 0.6) is 0 Å². The van der Waals surface area contributed by atoms with Crippen LogP contribution in [-0.4, -0.2) is 158 Å². The average molecular weight is 492 g/mol. The fourth-order valence-corrected chi connectivity index (χ4v) is 4.22. The molecule has 3 aliphatic heterocycles. The quantitative estimate of drug-likeness (QED) is 0.193. The lowest BCUT2D eigenvalue weighted by atomic mass is 10.3. The minimum atomic E-state index is -1.92. The van der Waals surface area contributed by atoms with Crippen molar-refractivity contribution in [3.05, 3.63) is 0 Å². The summed E-state index contributed by atoms with van der Waals surface area (Å²) in [6.45, 7) is 0.539. The van der Waals surface area contributed by atoms with Crippen LogP contribution in [0.15, 0.2) is 0 Å². The molecule has 16 heteroatoms. The number of likely N-dealkylation sites (N-methyl/N-ethyl adjacent to an activating group) is 1. The van der Waals surface area contributed by atoms with E-state index in [4.69, 9.17) is 9.47 Å². The van der Waals surface area contributed by atoms with Crippen LogP contribution < -0.4 is 0 Å². The molecule has 0 aromatic rings. The first-order chi connectivity index (χ1) is 16.1. The molecule has 0 aromatic heterocycles. The Labute approximate surface area is 195 Å². The predicted molar refractivity (Wildman–Crippen MR) is 110 cm³/mol. The van der Waals surface area contributed by atoms with Gasteiger partial charge in [-0.3, -0.25) is 19.6 Å². The van der Waals surface area contributed by atoms with Gasteiger partial charge in [0.2, 0.25) is 0 Å². The van der Waals surface area contributed by atoms with E-state index in [2.05, 4.69) is 0 Å². The van der Waals surface area contributed by atoms with E-state index >= 15 is 0 Å². The summed E-state index contributed by atoms with van der Waals surface area (Å²) >= 11 is 0. The molecule has 16 nitrogen and oxygen atoms in total. The number of urea groups is 3. The monoisotopic (exact) mass is 492 g/mol. The van der Waals surface area contributed by atoms with Crippen LogP contribution >= 0.6 is 0 Å². The van der Waals surface area contributed by atoms with Gasteiger partial charge < -0.3 is 35.0 Å². The molecule has 6 amide bonds. The van der Waals surface area contributed by atoms with E-state index in [0.29, 0.717) is 27.8 Å². The third kappa shape index (κ3) is 4.21. The number of aliphatic hydroxyl groups is 5. The molecule has 0 aromatic carbocycles. The van der Waals surface area contributed by atoms with Crippen molar-refractivity contribution in [2.75, 3.05) is 47.6 Å². The second-order valence-corrected chi connectivity index (χ2v) is 8.12. The van der Waals surface area contributed by atoms with Crippen LogP contribution in [-0.2, 0) is 9.47 Å². The maximum Gasteiger partial charge on any atom is 0.343 e. The van der Waals surface area contributed by atoms with Gasteiger partial charge >= 0.3 is 18.1 Å². The molecule has 194 valence electrons.